The summed E-state index contributed by atoms with van der Waals surface area (Å²) in [5.41, 5.74) is 2.51. The summed E-state index contributed by atoms with van der Waals surface area (Å²) in [6.07, 6.45) is 1.81. The SMILES string of the molecule is CC[C@@H]1C(C)Cc2cc(C(=O)OC)ccc2N1C(C)=O. The van der Waals surface area contributed by atoms with Crippen molar-refractivity contribution < 1.29 is 14.3 Å². The molecule has 1 aliphatic rings. The van der Waals surface area contributed by atoms with Gasteiger partial charge in [0.25, 0.3) is 0 Å². The predicted molar refractivity (Wildman–Crippen MR) is 77.9 cm³/mol. The van der Waals surface area contributed by atoms with Crippen LogP contribution in [0.25, 0.3) is 0 Å². The Balaban J connectivity index is 2.48. The second-order valence-corrected chi connectivity index (χ2v) is 5.38. The molecular weight excluding hydrogens is 254 g/mol. The van der Waals surface area contributed by atoms with Gasteiger partial charge in [-0.1, -0.05) is 13.8 Å². The molecule has 0 aromatic heterocycles. The molecule has 20 heavy (non-hydrogen) atoms. The molecule has 4 heteroatoms. The van der Waals surface area contributed by atoms with E-state index in [4.69, 9.17) is 4.74 Å². The average Bonchev–Trinajstić information content (AvgIpc) is 2.43. The van der Waals surface area contributed by atoms with E-state index in [1.807, 2.05) is 17.0 Å². The molecule has 0 spiro atoms. The number of carbonyl (C=O) groups is 2. The quantitative estimate of drug-likeness (QED) is 0.780. The molecular formula is C16H21NO3. The first-order chi connectivity index (χ1) is 9.49. The zero-order valence-electron chi connectivity index (χ0n) is 12.5. The monoisotopic (exact) mass is 275 g/mol. The summed E-state index contributed by atoms with van der Waals surface area (Å²) in [7, 11) is 1.37. The maximum absolute atomic E-state index is 12.0. The molecule has 1 aromatic rings. The summed E-state index contributed by atoms with van der Waals surface area (Å²) in [4.78, 5) is 25.5. The molecule has 0 N–H and O–H groups in total. The minimum Gasteiger partial charge on any atom is -0.465 e. The maximum Gasteiger partial charge on any atom is 0.337 e. The zero-order chi connectivity index (χ0) is 14.9. The number of rotatable bonds is 2. The molecule has 0 saturated heterocycles. The third-order valence-electron chi connectivity index (χ3n) is 4.05. The highest BCUT2D eigenvalue weighted by Gasteiger charge is 2.33. The van der Waals surface area contributed by atoms with E-state index in [1.54, 1.807) is 13.0 Å². The van der Waals surface area contributed by atoms with Crippen molar-refractivity contribution in [2.75, 3.05) is 12.0 Å². The van der Waals surface area contributed by atoms with Gasteiger partial charge in [0.1, 0.15) is 0 Å². The van der Waals surface area contributed by atoms with Crippen LogP contribution in [0.1, 0.15) is 43.1 Å². The van der Waals surface area contributed by atoms with Crippen molar-refractivity contribution in [3.05, 3.63) is 29.3 Å². The highest BCUT2D eigenvalue weighted by Crippen LogP contribution is 2.35. The fourth-order valence-corrected chi connectivity index (χ4v) is 3.13. The van der Waals surface area contributed by atoms with Crippen molar-refractivity contribution in [1.29, 1.82) is 0 Å². The number of ether oxygens (including phenoxy) is 1. The van der Waals surface area contributed by atoms with Crippen LogP contribution in [0.3, 0.4) is 0 Å². The Labute approximate surface area is 119 Å². The third kappa shape index (κ3) is 2.42. The fourth-order valence-electron chi connectivity index (χ4n) is 3.13. The number of carbonyl (C=O) groups excluding carboxylic acids is 2. The van der Waals surface area contributed by atoms with E-state index in [1.165, 1.54) is 7.11 Å². The Morgan fingerprint density at radius 3 is 2.65 bits per heavy atom. The number of amides is 1. The molecule has 0 aliphatic carbocycles. The highest BCUT2D eigenvalue weighted by molar-refractivity contribution is 5.95. The van der Waals surface area contributed by atoms with Crippen LogP contribution >= 0.6 is 0 Å². The van der Waals surface area contributed by atoms with Crippen molar-refractivity contribution in [2.24, 2.45) is 5.92 Å². The summed E-state index contributed by atoms with van der Waals surface area (Å²) >= 11 is 0. The number of hydrogen-bond donors (Lipinski definition) is 0. The number of anilines is 1. The first kappa shape index (κ1) is 14.6. The summed E-state index contributed by atoms with van der Waals surface area (Å²) in [5, 5.41) is 0. The second-order valence-electron chi connectivity index (χ2n) is 5.38. The molecule has 2 atom stereocenters. The van der Waals surface area contributed by atoms with E-state index in [-0.39, 0.29) is 17.9 Å². The van der Waals surface area contributed by atoms with Gasteiger partial charge in [-0.15, -0.1) is 0 Å². The predicted octanol–water partition coefficient (Wildman–Crippen LogP) is 2.80. The standard InChI is InChI=1S/C16H21NO3/c1-5-14-10(2)8-13-9-12(16(19)20-4)6-7-15(13)17(14)11(3)18/h6-7,9-10,14H,5,8H2,1-4H3/t10?,14-/m1/s1. The average molecular weight is 275 g/mol. The van der Waals surface area contributed by atoms with E-state index in [9.17, 15) is 9.59 Å². The molecule has 108 valence electrons. The van der Waals surface area contributed by atoms with Gasteiger partial charge in [-0.05, 0) is 42.5 Å². The molecule has 1 aromatic carbocycles. The number of nitrogens with zero attached hydrogens (tertiary/aromatic N) is 1. The minimum absolute atomic E-state index is 0.0514. The van der Waals surface area contributed by atoms with Crippen molar-refractivity contribution in [2.45, 2.75) is 39.7 Å². The number of fused-ring (bicyclic) bond motifs is 1. The van der Waals surface area contributed by atoms with Crippen LogP contribution in [-0.2, 0) is 16.0 Å². The molecule has 1 amide bonds. The first-order valence-electron chi connectivity index (χ1n) is 7.00. The van der Waals surface area contributed by atoms with Crippen molar-refractivity contribution in [1.82, 2.24) is 0 Å². The molecule has 0 saturated carbocycles. The van der Waals surface area contributed by atoms with Gasteiger partial charge in [-0.25, -0.2) is 4.79 Å². The molecule has 0 radical (unpaired) electrons. The third-order valence-corrected chi connectivity index (χ3v) is 4.05. The summed E-state index contributed by atoms with van der Waals surface area (Å²) < 4.78 is 4.75. The lowest BCUT2D eigenvalue weighted by Gasteiger charge is -2.40. The van der Waals surface area contributed by atoms with Gasteiger partial charge in [0.05, 0.1) is 12.7 Å². The van der Waals surface area contributed by atoms with E-state index < -0.39 is 0 Å². The lowest BCUT2D eigenvalue weighted by molar-refractivity contribution is -0.117. The Morgan fingerprint density at radius 2 is 2.10 bits per heavy atom. The van der Waals surface area contributed by atoms with Gasteiger partial charge in [-0.3, -0.25) is 4.79 Å². The molecule has 0 fully saturated rings. The molecule has 1 heterocycles. The Kier molecular flexibility index (Phi) is 4.12. The zero-order valence-corrected chi connectivity index (χ0v) is 12.5. The summed E-state index contributed by atoms with van der Waals surface area (Å²) in [5.74, 6) is 0.0900. The van der Waals surface area contributed by atoms with Crippen LogP contribution in [0.2, 0.25) is 0 Å². The van der Waals surface area contributed by atoms with Crippen molar-refractivity contribution >= 4 is 17.6 Å². The Hall–Kier alpha value is -1.84. The van der Waals surface area contributed by atoms with Crippen molar-refractivity contribution in [3.63, 3.8) is 0 Å². The van der Waals surface area contributed by atoms with Crippen LogP contribution in [0.4, 0.5) is 5.69 Å². The van der Waals surface area contributed by atoms with Crippen LogP contribution < -0.4 is 4.90 Å². The van der Waals surface area contributed by atoms with Crippen LogP contribution in [0, 0.1) is 5.92 Å². The van der Waals surface area contributed by atoms with Gasteiger partial charge in [0.15, 0.2) is 0 Å². The van der Waals surface area contributed by atoms with E-state index in [0.29, 0.717) is 11.5 Å². The Morgan fingerprint density at radius 1 is 1.40 bits per heavy atom. The second kappa shape index (κ2) is 5.65. The van der Waals surface area contributed by atoms with E-state index in [0.717, 1.165) is 24.1 Å². The fraction of sp³-hybridized carbons (Fsp3) is 0.500. The minimum atomic E-state index is -0.340. The number of esters is 1. The topological polar surface area (TPSA) is 46.6 Å². The molecule has 0 bridgehead atoms. The van der Waals surface area contributed by atoms with Gasteiger partial charge in [0, 0.05) is 18.7 Å². The van der Waals surface area contributed by atoms with Crippen molar-refractivity contribution in [3.8, 4) is 0 Å². The number of hydrogen-bond acceptors (Lipinski definition) is 3. The molecule has 4 nitrogen and oxygen atoms in total. The number of methoxy groups -OCH3 is 1. The first-order valence-corrected chi connectivity index (χ1v) is 7.00. The lowest BCUT2D eigenvalue weighted by Crippen LogP contribution is -2.46. The molecule has 1 unspecified atom stereocenters. The van der Waals surface area contributed by atoms with Crippen LogP contribution in [0.15, 0.2) is 18.2 Å². The Bertz CT molecular complexity index is 539. The smallest absolute Gasteiger partial charge is 0.337 e. The van der Waals surface area contributed by atoms with Crippen LogP contribution in [-0.4, -0.2) is 25.0 Å². The summed E-state index contributed by atoms with van der Waals surface area (Å²) in [6.45, 7) is 5.85. The van der Waals surface area contributed by atoms with Gasteiger partial charge < -0.3 is 9.64 Å². The lowest BCUT2D eigenvalue weighted by atomic mass is 9.85. The van der Waals surface area contributed by atoms with E-state index in [2.05, 4.69) is 13.8 Å². The highest BCUT2D eigenvalue weighted by atomic mass is 16.5. The van der Waals surface area contributed by atoms with Gasteiger partial charge in [-0.2, -0.15) is 0 Å². The maximum atomic E-state index is 12.0. The summed E-state index contributed by atoms with van der Waals surface area (Å²) in [6, 6.07) is 5.66. The molecule has 2 rings (SSSR count). The van der Waals surface area contributed by atoms with E-state index >= 15 is 0 Å². The normalized spacial score (nSPS) is 21.3. The number of benzene rings is 1. The van der Waals surface area contributed by atoms with Gasteiger partial charge in [0.2, 0.25) is 5.91 Å². The van der Waals surface area contributed by atoms with Crippen LogP contribution in [0.5, 0.6) is 0 Å². The largest absolute Gasteiger partial charge is 0.465 e. The molecule has 1 aliphatic heterocycles. The van der Waals surface area contributed by atoms with Gasteiger partial charge >= 0.3 is 5.97 Å².